The molecule has 0 aliphatic heterocycles. The summed E-state index contributed by atoms with van der Waals surface area (Å²) in [5.41, 5.74) is 11.4. The predicted molar refractivity (Wildman–Crippen MR) is 138 cm³/mol. The van der Waals surface area contributed by atoms with E-state index >= 15 is 0 Å². The summed E-state index contributed by atoms with van der Waals surface area (Å²) >= 11 is 1.54. The van der Waals surface area contributed by atoms with Crippen molar-refractivity contribution >= 4 is 51.3 Å². The molecule has 2 heterocycles. The number of benzene rings is 2. The first kappa shape index (κ1) is 23.7. The minimum atomic E-state index is -0.863. The zero-order chi connectivity index (χ0) is 24.8. The Morgan fingerprint density at radius 3 is 2.49 bits per heavy atom. The summed E-state index contributed by atoms with van der Waals surface area (Å²) in [6.45, 7) is 0. The Labute approximate surface area is 204 Å². The van der Waals surface area contributed by atoms with Crippen LogP contribution in [-0.4, -0.2) is 39.1 Å². The van der Waals surface area contributed by atoms with Gasteiger partial charge in [0.2, 0.25) is 0 Å². The number of thiophene rings is 1. The fourth-order valence-corrected chi connectivity index (χ4v) is 4.55. The molecule has 0 atom stereocenters. The third-order valence-corrected chi connectivity index (χ3v) is 6.15. The number of anilines is 1. The molecule has 5 N–H and O–H groups in total. The van der Waals surface area contributed by atoms with Gasteiger partial charge < -0.3 is 21.6 Å². The molecule has 4 aromatic rings. The third kappa shape index (κ3) is 5.74. The summed E-state index contributed by atoms with van der Waals surface area (Å²) in [6.07, 6.45) is 3.52. The number of fused-ring (bicyclic) bond motifs is 1. The summed E-state index contributed by atoms with van der Waals surface area (Å²) in [7, 11) is 0. The van der Waals surface area contributed by atoms with Crippen molar-refractivity contribution < 1.29 is 14.7 Å². The molecule has 176 valence electrons. The van der Waals surface area contributed by atoms with Gasteiger partial charge in [-0.1, -0.05) is 36.4 Å². The van der Waals surface area contributed by atoms with Crippen LogP contribution in [0.1, 0.15) is 18.4 Å². The van der Waals surface area contributed by atoms with Crippen molar-refractivity contribution in [3.05, 3.63) is 65.8 Å². The van der Waals surface area contributed by atoms with Gasteiger partial charge in [-0.2, -0.15) is 4.99 Å². The van der Waals surface area contributed by atoms with E-state index in [1.54, 1.807) is 12.1 Å². The Balaban J connectivity index is 1.55. The van der Waals surface area contributed by atoms with E-state index in [2.05, 4.69) is 20.3 Å². The third-order valence-electron chi connectivity index (χ3n) is 5.17. The molecule has 0 bridgehead atoms. The number of amides is 2. The van der Waals surface area contributed by atoms with Crippen molar-refractivity contribution in [2.24, 2.45) is 10.7 Å². The van der Waals surface area contributed by atoms with Crippen molar-refractivity contribution in [3.8, 4) is 22.4 Å². The van der Waals surface area contributed by atoms with Gasteiger partial charge in [0.25, 0.3) is 0 Å². The minimum absolute atomic E-state index is 0.0160. The second-order valence-electron chi connectivity index (χ2n) is 7.67. The Morgan fingerprint density at radius 2 is 1.80 bits per heavy atom. The van der Waals surface area contributed by atoms with Gasteiger partial charge in [0.1, 0.15) is 12.2 Å². The van der Waals surface area contributed by atoms with Crippen LogP contribution in [0.5, 0.6) is 0 Å². The number of rotatable bonds is 8. The number of hydrogen-bond donors (Lipinski definition) is 4. The molecule has 0 saturated carbocycles. The second kappa shape index (κ2) is 10.7. The molecule has 2 amide bonds. The van der Waals surface area contributed by atoms with Crippen LogP contribution in [0.2, 0.25) is 0 Å². The van der Waals surface area contributed by atoms with Crippen LogP contribution in [0.3, 0.4) is 0 Å². The first-order chi connectivity index (χ1) is 16.9. The maximum absolute atomic E-state index is 12.0. The highest BCUT2D eigenvalue weighted by atomic mass is 32.1. The number of carbonyl (C=O) groups excluding carboxylic acids is 1. The second-order valence-corrected chi connectivity index (χ2v) is 8.55. The van der Waals surface area contributed by atoms with Gasteiger partial charge >= 0.3 is 12.0 Å². The van der Waals surface area contributed by atoms with Gasteiger partial charge in [-0.25, -0.2) is 14.8 Å². The summed E-state index contributed by atoms with van der Waals surface area (Å²) in [5.74, 6) is -0.686. The van der Waals surface area contributed by atoms with Crippen LogP contribution >= 0.6 is 11.3 Å². The number of hydrogen-bond acceptors (Lipinski definition) is 6. The van der Waals surface area contributed by atoms with Crippen molar-refractivity contribution in [2.75, 3.05) is 5.32 Å². The Morgan fingerprint density at radius 1 is 1.09 bits per heavy atom. The van der Waals surface area contributed by atoms with E-state index in [9.17, 15) is 9.59 Å². The number of carboxylic acids is 1. The van der Waals surface area contributed by atoms with Crippen LogP contribution in [0.25, 0.3) is 32.6 Å². The Kier molecular flexibility index (Phi) is 7.22. The number of urea groups is 1. The number of aliphatic carboxylic acids is 1. The maximum atomic E-state index is 12.0. The monoisotopic (exact) mass is 486 g/mol. The molecule has 0 radical (unpaired) electrons. The first-order valence-electron chi connectivity index (χ1n) is 10.7. The van der Waals surface area contributed by atoms with Gasteiger partial charge in [-0.05, 0) is 35.9 Å². The van der Waals surface area contributed by atoms with Crippen LogP contribution in [-0.2, 0) is 11.2 Å². The molecule has 9 nitrogen and oxygen atoms in total. The summed E-state index contributed by atoms with van der Waals surface area (Å²) in [6, 6.07) is 14.1. The van der Waals surface area contributed by atoms with Crippen LogP contribution in [0.4, 0.5) is 10.5 Å². The summed E-state index contributed by atoms with van der Waals surface area (Å²) in [5, 5.41) is 20.7. The Bertz CT molecular complexity index is 1410. The van der Waals surface area contributed by atoms with Crippen molar-refractivity contribution in [3.63, 3.8) is 0 Å². The van der Waals surface area contributed by atoms with Crippen LogP contribution in [0.15, 0.2) is 65.2 Å². The lowest BCUT2D eigenvalue weighted by atomic mass is 10.0. The van der Waals surface area contributed by atoms with E-state index in [1.807, 2.05) is 41.8 Å². The topological polar surface area (TPSA) is 154 Å². The van der Waals surface area contributed by atoms with E-state index in [1.165, 1.54) is 23.9 Å². The number of nitrogens with two attached hydrogens (primary N) is 1. The van der Waals surface area contributed by atoms with E-state index in [0.717, 1.165) is 38.2 Å². The largest absolute Gasteiger partial charge is 0.481 e. The lowest BCUT2D eigenvalue weighted by Crippen LogP contribution is -2.17. The number of carboxylic acid groups (broad SMARTS) is 1. The zero-order valence-electron chi connectivity index (χ0n) is 18.6. The fourth-order valence-electron chi connectivity index (χ4n) is 3.51. The smallest absolute Gasteiger partial charge is 0.347 e. The van der Waals surface area contributed by atoms with E-state index in [-0.39, 0.29) is 12.3 Å². The van der Waals surface area contributed by atoms with Gasteiger partial charge in [0.15, 0.2) is 0 Å². The highest BCUT2D eigenvalue weighted by Crippen LogP contribution is 2.37. The number of carbonyl (C=O) groups is 2. The van der Waals surface area contributed by atoms with Gasteiger partial charge in [-0.3, -0.25) is 4.79 Å². The van der Waals surface area contributed by atoms with Crippen molar-refractivity contribution in [2.45, 2.75) is 19.3 Å². The molecule has 2 aromatic carbocycles. The van der Waals surface area contributed by atoms with Gasteiger partial charge in [0.05, 0.1) is 22.3 Å². The fraction of sp³-hybridized carbons (Fsp3) is 0.120. The van der Waals surface area contributed by atoms with Gasteiger partial charge in [0, 0.05) is 28.6 Å². The molecule has 0 aliphatic carbocycles. The zero-order valence-corrected chi connectivity index (χ0v) is 19.4. The minimum Gasteiger partial charge on any atom is -0.481 e. The van der Waals surface area contributed by atoms with E-state index in [4.69, 9.17) is 16.2 Å². The van der Waals surface area contributed by atoms with Gasteiger partial charge in [-0.15, -0.1) is 11.3 Å². The SMILES string of the molecule is N=CCCC(N)=NC(=O)Nc1ccc(-c2ncnc3c(-c4ccc(CC(=O)O)cc4)csc23)cc1. The van der Waals surface area contributed by atoms with E-state index in [0.29, 0.717) is 18.5 Å². The number of amidine groups is 1. The average molecular weight is 487 g/mol. The average Bonchev–Trinajstić information content (AvgIpc) is 3.28. The molecule has 35 heavy (non-hydrogen) atoms. The highest BCUT2D eigenvalue weighted by Gasteiger charge is 2.14. The Hall–Kier alpha value is -4.44. The van der Waals surface area contributed by atoms with E-state index < -0.39 is 12.0 Å². The molecular formula is C25H22N6O3S. The number of aromatic nitrogens is 2. The molecule has 2 aromatic heterocycles. The molecule has 10 heteroatoms. The highest BCUT2D eigenvalue weighted by molar-refractivity contribution is 7.18. The lowest BCUT2D eigenvalue weighted by molar-refractivity contribution is -0.136. The first-order valence-corrected chi connectivity index (χ1v) is 11.6. The molecule has 4 rings (SSSR count). The van der Waals surface area contributed by atoms with Crippen LogP contribution in [0, 0.1) is 5.41 Å². The standard InChI is InChI=1S/C25H22N6O3S/c26-11-1-2-20(27)31-25(34)30-18-9-7-17(8-10-18)22-24-23(29-14-28-22)19(13-35-24)16-5-3-15(4-6-16)12-21(32)33/h3-11,13-14,26H,1-2,12H2,(H,32,33)(H3,27,30,31,34). The number of nitrogens with zero attached hydrogens (tertiary/aromatic N) is 3. The molecule has 0 fully saturated rings. The number of nitrogens with one attached hydrogen (secondary N) is 2. The lowest BCUT2D eigenvalue weighted by Gasteiger charge is -2.06. The molecule has 0 spiro atoms. The van der Waals surface area contributed by atoms with Crippen LogP contribution < -0.4 is 11.1 Å². The summed E-state index contributed by atoms with van der Waals surface area (Å²) < 4.78 is 0.928. The summed E-state index contributed by atoms with van der Waals surface area (Å²) in [4.78, 5) is 35.7. The quantitative estimate of drug-likeness (QED) is 0.204. The predicted octanol–water partition coefficient (Wildman–Crippen LogP) is 4.97. The normalized spacial score (nSPS) is 11.4. The number of aliphatic imine (C=N–C) groups is 1. The van der Waals surface area contributed by atoms with Crippen molar-refractivity contribution in [1.82, 2.24) is 9.97 Å². The van der Waals surface area contributed by atoms with Crippen molar-refractivity contribution in [1.29, 1.82) is 5.41 Å². The molecule has 0 aliphatic rings. The molecular weight excluding hydrogens is 464 g/mol. The maximum Gasteiger partial charge on any atom is 0.347 e. The molecule has 0 unspecified atom stereocenters. The molecule has 0 saturated heterocycles.